The lowest BCUT2D eigenvalue weighted by Crippen LogP contribution is -1.87. The Kier molecular flexibility index (Phi) is 13.0. The molecule has 0 heterocycles. The van der Waals surface area contributed by atoms with Gasteiger partial charge < -0.3 is 13.9 Å². The van der Waals surface area contributed by atoms with E-state index in [0.29, 0.717) is 13.2 Å². The van der Waals surface area contributed by atoms with E-state index in [1.165, 1.54) is 0 Å². The first-order valence-electron chi connectivity index (χ1n) is 3.31. The van der Waals surface area contributed by atoms with E-state index < -0.39 is 11.9 Å². The lowest BCUT2D eigenvalue weighted by Gasteiger charge is -2.05. The first-order chi connectivity index (χ1) is 5.81. The molecule has 0 radical (unpaired) electrons. The van der Waals surface area contributed by atoms with Crippen molar-refractivity contribution in [2.75, 3.05) is 13.2 Å². The maximum Gasteiger partial charge on any atom is 0.329 e. The normalized spacial score (nSPS) is 11.1. The highest BCUT2D eigenvalue weighted by Gasteiger charge is 2.11. The maximum absolute atomic E-state index is 8.67. The van der Waals surface area contributed by atoms with E-state index in [1.54, 1.807) is 0 Å². The molecule has 0 aromatic rings. The van der Waals surface area contributed by atoms with Crippen molar-refractivity contribution < 1.29 is 13.9 Å². The molecule has 0 saturated carbocycles. The van der Waals surface area contributed by atoms with E-state index >= 15 is 0 Å². The molecule has 0 amide bonds. The molecule has 0 aliphatic heterocycles. The Morgan fingerprint density at radius 2 is 1.31 bits per heavy atom. The number of hydrogen-bond donors (Lipinski definition) is 1. The summed E-state index contributed by atoms with van der Waals surface area (Å²) in [5.41, 5.74) is 0. The van der Waals surface area contributed by atoms with Crippen LogP contribution in [-0.4, -0.2) is 21.4 Å². The third-order valence-electron chi connectivity index (χ3n) is 0.479. The Bertz CT molecular complexity index is 98.4. The van der Waals surface area contributed by atoms with Gasteiger partial charge in [-0.1, -0.05) is 46.4 Å². The molecule has 8 heteroatoms. The smallest absolute Gasteiger partial charge is 0.328 e. The van der Waals surface area contributed by atoms with Gasteiger partial charge in [0.1, 0.15) is 0 Å². The minimum atomic E-state index is -1.61. The van der Waals surface area contributed by atoms with Crippen LogP contribution in [0.3, 0.4) is 0 Å². The molecule has 0 spiro atoms. The fourth-order valence-corrected chi connectivity index (χ4v) is 0.774. The summed E-state index contributed by atoms with van der Waals surface area (Å²) >= 11 is 19.3. The lowest BCUT2D eigenvalue weighted by molar-refractivity contribution is 0.216. The molecule has 3 nitrogen and oxygen atoms in total. The van der Waals surface area contributed by atoms with Crippen LogP contribution in [0.25, 0.3) is 0 Å². The Labute approximate surface area is 99.2 Å². The zero-order chi connectivity index (χ0) is 10.9. The molecule has 0 aromatic carbocycles. The SMILES string of the molecule is CCOP(O)OCC.ClC(Cl)(Cl)Cl. The van der Waals surface area contributed by atoms with Crippen LogP contribution in [0.1, 0.15) is 13.8 Å². The summed E-state index contributed by atoms with van der Waals surface area (Å²) in [4.78, 5) is 8.67. The number of halogens is 4. The summed E-state index contributed by atoms with van der Waals surface area (Å²) in [6.45, 7) is 4.62. The predicted octanol–water partition coefficient (Wildman–Crippen LogP) is 3.83. The van der Waals surface area contributed by atoms with Crippen LogP contribution in [0, 0.1) is 0 Å². The van der Waals surface area contributed by atoms with Crippen molar-refractivity contribution in [1.82, 2.24) is 0 Å². The van der Waals surface area contributed by atoms with Crippen molar-refractivity contribution in [2.24, 2.45) is 0 Å². The Balaban J connectivity index is 0. The van der Waals surface area contributed by atoms with Gasteiger partial charge in [-0.2, -0.15) is 0 Å². The number of alkyl halides is 4. The van der Waals surface area contributed by atoms with Crippen molar-refractivity contribution in [1.29, 1.82) is 0 Å². The summed E-state index contributed by atoms with van der Waals surface area (Å²) in [7, 11) is -1.58. The topological polar surface area (TPSA) is 38.7 Å². The second kappa shape index (κ2) is 10.0. The fraction of sp³-hybridized carbons (Fsp3) is 1.00. The van der Waals surface area contributed by atoms with Gasteiger partial charge >= 0.3 is 8.60 Å². The van der Waals surface area contributed by atoms with Gasteiger partial charge in [0, 0.05) is 0 Å². The molecule has 0 aliphatic carbocycles. The summed E-state index contributed by atoms with van der Waals surface area (Å²) in [6, 6.07) is 0. The number of hydrogen-bond acceptors (Lipinski definition) is 3. The van der Waals surface area contributed by atoms with Crippen LogP contribution in [0.4, 0.5) is 0 Å². The zero-order valence-electron chi connectivity index (χ0n) is 7.14. The van der Waals surface area contributed by atoms with Crippen LogP contribution in [0.15, 0.2) is 0 Å². The number of rotatable bonds is 4. The molecule has 1 N–H and O–H groups in total. The minimum absolute atomic E-state index is 0.502. The second-order valence-corrected chi connectivity index (χ2v) is 5.92. The van der Waals surface area contributed by atoms with E-state index in [9.17, 15) is 0 Å². The van der Waals surface area contributed by atoms with Crippen LogP contribution < -0.4 is 0 Å². The zero-order valence-corrected chi connectivity index (χ0v) is 11.1. The molecule has 0 fully saturated rings. The van der Waals surface area contributed by atoms with Gasteiger partial charge in [-0.3, -0.25) is 0 Å². The molecular weight excluding hydrogens is 281 g/mol. The summed E-state index contributed by atoms with van der Waals surface area (Å²) in [5.74, 6) is 0. The van der Waals surface area contributed by atoms with E-state index in [0.717, 1.165) is 0 Å². The van der Waals surface area contributed by atoms with Crippen LogP contribution in [0.2, 0.25) is 0 Å². The molecule has 0 unspecified atom stereocenters. The van der Waals surface area contributed by atoms with Crippen LogP contribution >= 0.6 is 55.0 Å². The largest absolute Gasteiger partial charge is 0.329 e. The van der Waals surface area contributed by atoms with Gasteiger partial charge in [-0.15, -0.1) is 0 Å². The van der Waals surface area contributed by atoms with Gasteiger partial charge in [-0.05, 0) is 13.8 Å². The van der Waals surface area contributed by atoms with Gasteiger partial charge in [0.05, 0.1) is 13.2 Å². The van der Waals surface area contributed by atoms with Crippen LogP contribution in [-0.2, 0) is 9.05 Å². The predicted molar refractivity (Wildman–Crippen MR) is 58.5 cm³/mol. The molecule has 13 heavy (non-hydrogen) atoms. The van der Waals surface area contributed by atoms with E-state index in [2.05, 4.69) is 9.05 Å². The molecular formula is C5H11Cl4O3P. The Hall–Kier alpha value is 1.47. The Morgan fingerprint density at radius 3 is 1.46 bits per heavy atom. The van der Waals surface area contributed by atoms with Crippen molar-refractivity contribution in [3.05, 3.63) is 0 Å². The molecule has 0 aromatic heterocycles. The minimum Gasteiger partial charge on any atom is -0.328 e. The van der Waals surface area contributed by atoms with Crippen LogP contribution in [0.5, 0.6) is 0 Å². The van der Waals surface area contributed by atoms with Crippen molar-refractivity contribution >= 4 is 55.0 Å². The maximum atomic E-state index is 8.67. The highest BCUT2D eigenvalue weighted by Crippen LogP contribution is 2.31. The van der Waals surface area contributed by atoms with Crippen molar-refractivity contribution in [3.8, 4) is 0 Å². The van der Waals surface area contributed by atoms with Crippen molar-refractivity contribution in [2.45, 2.75) is 17.1 Å². The standard InChI is InChI=1S/C4H11O3P.CCl4/c1-3-6-8(5)7-4-2;2-1(3,4)5/h5H,3-4H2,1-2H3;. The molecule has 0 rings (SSSR count). The average Bonchev–Trinajstić information content (AvgIpc) is 1.84. The summed E-state index contributed by atoms with van der Waals surface area (Å²) in [6.07, 6.45) is 0. The second-order valence-electron chi connectivity index (χ2n) is 1.50. The summed E-state index contributed by atoms with van der Waals surface area (Å²) < 4.78 is 7.75. The highest BCUT2D eigenvalue weighted by atomic mass is 35.6. The first-order valence-corrected chi connectivity index (χ1v) is 5.95. The summed E-state index contributed by atoms with van der Waals surface area (Å²) in [5, 5.41) is 0. The third kappa shape index (κ3) is 31.8. The van der Waals surface area contributed by atoms with E-state index in [4.69, 9.17) is 51.3 Å². The third-order valence-corrected chi connectivity index (χ3v) is 1.44. The lowest BCUT2D eigenvalue weighted by atomic mass is 10.9. The van der Waals surface area contributed by atoms with Gasteiger partial charge in [-0.25, -0.2) is 0 Å². The monoisotopic (exact) mass is 290 g/mol. The average molecular weight is 292 g/mol. The fourth-order valence-electron chi connectivity index (χ4n) is 0.258. The quantitative estimate of drug-likeness (QED) is 0.632. The van der Waals surface area contributed by atoms with Gasteiger partial charge in [0.2, 0.25) is 0 Å². The highest BCUT2D eigenvalue weighted by molar-refractivity contribution is 7.40. The van der Waals surface area contributed by atoms with Crippen molar-refractivity contribution in [3.63, 3.8) is 0 Å². The molecule has 0 saturated heterocycles. The van der Waals surface area contributed by atoms with Gasteiger partial charge in [0.25, 0.3) is 3.25 Å². The first kappa shape index (κ1) is 16.9. The van der Waals surface area contributed by atoms with E-state index in [-0.39, 0.29) is 0 Å². The molecule has 0 bridgehead atoms. The Morgan fingerprint density at radius 1 is 1.08 bits per heavy atom. The molecule has 82 valence electrons. The molecule has 0 atom stereocenters. The van der Waals surface area contributed by atoms with Gasteiger partial charge in [0.15, 0.2) is 0 Å². The molecule has 0 aliphatic rings. The van der Waals surface area contributed by atoms with E-state index in [1.807, 2.05) is 13.8 Å².